The number of rotatable bonds is 3. The van der Waals surface area contributed by atoms with Crippen LogP contribution < -0.4 is 5.32 Å². The first-order valence-corrected chi connectivity index (χ1v) is 7.64. The summed E-state index contributed by atoms with van der Waals surface area (Å²) in [6.07, 6.45) is 0. The van der Waals surface area contributed by atoms with Crippen LogP contribution in [0.5, 0.6) is 0 Å². The highest BCUT2D eigenvalue weighted by molar-refractivity contribution is 9.11. The van der Waals surface area contributed by atoms with E-state index in [9.17, 15) is 0 Å². The molecule has 0 saturated carbocycles. The van der Waals surface area contributed by atoms with Gasteiger partial charge in [0.15, 0.2) is 0 Å². The molecule has 1 unspecified atom stereocenters. The van der Waals surface area contributed by atoms with Crippen LogP contribution in [0.15, 0.2) is 28.1 Å². The number of aryl methyl sites for hydroxylation is 3. The topological polar surface area (TPSA) is 12.0 Å². The number of benzene rings is 1. The van der Waals surface area contributed by atoms with Gasteiger partial charge in [-0.3, -0.25) is 0 Å². The molecule has 0 aliphatic carbocycles. The Bertz CT molecular complexity index is 560. The fraction of sp³-hybridized carbons (Fsp3) is 0.333. The molecule has 2 rings (SSSR count). The lowest BCUT2D eigenvalue weighted by Crippen LogP contribution is -2.18. The molecule has 1 nitrogen and oxygen atoms in total. The largest absolute Gasteiger partial charge is 0.309 e. The van der Waals surface area contributed by atoms with Crippen molar-refractivity contribution in [1.82, 2.24) is 5.32 Å². The van der Waals surface area contributed by atoms with E-state index in [4.69, 9.17) is 0 Å². The molecule has 0 bridgehead atoms. The summed E-state index contributed by atoms with van der Waals surface area (Å²) in [5.41, 5.74) is 5.38. The van der Waals surface area contributed by atoms with Gasteiger partial charge in [0.1, 0.15) is 0 Å². The second kappa shape index (κ2) is 5.55. The summed E-state index contributed by atoms with van der Waals surface area (Å²) in [4.78, 5) is 1.36. The van der Waals surface area contributed by atoms with Crippen LogP contribution in [0.25, 0.3) is 0 Å². The molecule has 0 fully saturated rings. The van der Waals surface area contributed by atoms with E-state index in [1.54, 1.807) is 11.3 Å². The molecule has 1 N–H and O–H groups in total. The van der Waals surface area contributed by atoms with Gasteiger partial charge in [0.05, 0.1) is 9.83 Å². The van der Waals surface area contributed by atoms with E-state index in [-0.39, 0.29) is 6.04 Å². The summed E-state index contributed by atoms with van der Waals surface area (Å²) >= 11 is 5.36. The van der Waals surface area contributed by atoms with Gasteiger partial charge in [-0.2, -0.15) is 0 Å². The normalized spacial score (nSPS) is 12.7. The molecule has 0 aliphatic rings. The number of nitrogens with one attached hydrogen (secondary N) is 1. The third kappa shape index (κ3) is 2.68. The molecule has 1 atom stereocenters. The Labute approximate surface area is 121 Å². The van der Waals surface area contributed by atoms with Crippen LogP contribution in [0.2, 0.25) is 0 Å². The molecule has 0 aliphatic heterocycles. The molecule has 0 amide bonds. The smallest absolute Gasteiger partial charge is 0.0704 e. The van der Waals surface area contributed by atoms with Crippen molar-refractivity contribution >= 4 is 27.3 Å². The van der Waals surface area contributed by atoms with Gasteiger partial charge < -0.3 is 5.32 Å². The molecule has 1 aromatic heterocycles. The van der Waals surface area contributed by atoms with Crippen molar-refractivity contribution < 1.29 is 0 Å². The molecule has 0 saturated heterocycles. The predicted molar refractivity (Wildman–Crippen MR) is 83.6 cm³/mol. The maximum atomic E-state index is 3.57. The zero-order valence-electron chi connectivity index (χ0n) is 11.2. The predicted octanol–water partition coefficient (Wildman–Crippen LogP) is 4.74. The summed E-state index contributed by atoms with van der Waals surface area (Å²) in [6.45, 7) is 6.50. The lowest BCUT2D eigenvalue weighted by atomic mass is 9.96. The Kier molecular flexibility index (Phi) is 4.25. The van der Waals surface area contributed by atoms with Crippen LogP contribution in [0.4, 0.5) is 0 Å². The molecular weight excluding hydrogens is 306 g/mol. The van der Waals surface area contributed by atoms with Crippen molar-refractivity contribution in [1.29, 1.82) is 0 Å². The van der Waals surface area contributed by atoms with Crippen LogP contribution >= 0.6 is 27.3 Å². The van der Waals surface area contributed by atoms with Crippen molar-refractivity contribution in [2.45, 2.75) is 26.8 Å². The summed E-state index contributed by atoms with van der Waals surface area (Å²) in [7, 11) is 2.02. The Balaban J connectivity index is 2.45. The van der Waals surface area contributed by atoms with Crippen molar-refractivity contribution in [3.8, 4) is 0 Å². The molecular formula is C15H18BrNS. The highest BCUT2D eigenvalue weighted by Gasteiger charge is 2.16. The van der Waals surface area contributed by atoms with Gasteiger partial charge in [-0.25, -0.2) is 0 Å². The van der Waals surface area contributed by atoms with Gasteiger partial charge in [-0.05, 0) is 72.1 Å². The fourth-order valence-electron chi connectivity index (χ4n) is 2.19. The van der Waals surface area contributed by atoms with E-state index in [2.05, 4.69) is 66.3 Å². The van der Waals surface area contributed by atoms with Crippen LogP contribution in [0.3, 0.4) is 0 Å². The summed E-state index contributed by atoms with van der Waals surface area (Å²) < 4.78 is 1.19. The fourth-order valence-corrected chi connectivity index (χ4v) is 3.94. The highest BCUT2D eigenvalue weighted by Crippen LogP contribution is 2.33. The molecule has 0 spiro atoms. The maximum absolute atomic E-state index is 3.57. The molecule has 2 aromatic rings. The molecule has 3 heteroatoms. The minimum absolute atomic E-state index is 0.270. The van der Waals surface area contributed by atoms with Gasteiger partial charge in [0, 0.05) is 4.88 Å². The number of hydrogen-bond donors (Lipinski definition) is 1. The van der Waals surface area contributed by atoms with E-state index in [1.165, 1.54) is 30.9 Å². The molecule has 0 radical (unpaired) electrons. The second-order valence-corrected chi connectivity index (χ2v) is 7.26. The molecule has 18 heavy (non-hydrogen) atoms. The van der Waals surface area contributed by atoms with Crippen LogP contribution in [-0.4, -0.2) is 7.05 Å². The third-order valence-electron chi connectivity index (χ3n) is 3.39. The average molecular weight is 324 g/mol. The van der Waals surface area contributed by atoms with Gasteiger partial charge >= 0.3 is 0 Å². The lowest BCUT2D eigenvalue weighted by Gasteiger charge is -2.18. The Morgan fingerprint density at radius 1 is 1.11 bits per heavy atom. The van der Waals surface area contributed by atoms with Gasteiger partial charge in [-0.15, -0.1) is 11.3 Å². The first-order chi connectivity index (χ1) is 8.52. The second-order valence-electron chi connectivity index (χ2n) is 4.63. The lowest BCUT2D eigenvalue weighted by molar-refractivity contribution is 0.690. The summed E-state index contributed by atoms with van der Waals surface area (Å²) in [6, 6.07) is 9.19. The Morgan fingerprint density at radius 3 is 2.33 bits per heavy atom. The average Bonchev–Trinajstić information content (AvgIpc) is 2.64. The van der Waals surface area contributed by atoms with E-state index >= 15 is 0 Å². The molecule has 96 valence electrons. The zero-order chi connectivity index (χ0) is 13.3. The number of thiophene rings is 1. The van der Waals surface area contributed by atoms with Crippen molar-refractivity contribution in [3.63, 3.8) is 0 Å². The van der Waals surface area contributed by atoms with Gasteiger partial charge in [0.25, 0.3) is 0 Å². The van der Waals surface area contributed by atoms with Crippen molar-refractivity contribution in [2.24, 2.45) is 0 Å². The van der Waals surface area contributed by atoms with Crippen molar-refractivity contribution in [3.05, 3.63) is 55.2 Å². The third-order valence-corrected chi connectivity index (χ3v) is 4.96. The first kappa shape index (κ1) is 13.8. The number of hydrogen-bond acceptors (Lipinski definition) is 2. The molecule has 1 heterocycles. The van der Waals surface area contributed by atoms with Crippen LogP contribution in [0.1, 0.15) is 33.2 Å². The van der Waals surface area contributed by atoms with Gasteiger partial charge in [0.2, 0.25) is 0 Å². The van der Waals surface area contributed by atoms with Crippen LogP contribution in [-0.2, 0) is 0 Å². The van der Waals surface area contributed by atoms with E-state index in [1.807, 2.05) is 7.05 Å². The monoisotopic (exact) mass is 323 g/mol. The summed E-state index contributed by atoms with van der Waals surface area (Å²) in [5.74, 6) is 0. The Hall–Kier alpha value is -0.640. The van der Waals surface area contributed by atoms with E-state index in [0.29, 0.717) is 0 Å². The van der Waals surface area contributed by atoms with E-state index in [0.717, 1.165) is 0 Å². The highest BCUT2D eigenvalue weighted by atomic mass is 79.9. The first-order valence-electron chi connectivity index (χ1n) is 6.03. The SMILES string of the molecule is CNC(c1ccc(C)c(C)c1)c1cc(Br)sc1C. The minimum Gasteiger partial charge on any atom is -0.309 e. The zero-order valence-corrected chi connectivity index (χ0v) is 13.6. The quantitative estimate of drug-likeness (QED) is 0.859. The van der Waals surface area contributed by atoms with Crippen LogP contribution in [0, 0.1) is 20.8 Å². The summed E-state index contributed by atoms with van der Waals surface area (Å²) in [5, 5.41) is 3.42. The van der Waals surface area contributed by atoms with Crippen molar-refractivity contribution in [2.75, 3.05) is 7.05 Å². The van der Waals surface area contributed by atoms with Gasteiger partial charge in [-0.1, -0.05) is 18.2 Å². The maximum Gasteiger partial charge on any atom is 0.0704 e. The molecule has 1 aromatic carbocycles. The minimum atomic E-state index is 0.270. The van der Waals surface area contributed by atoms with E-state index < -0.39 is 0 Å². The Morgan fingerprint density at radius 2 is 1.83 bits per heavy atom. The standard InChI is InChI=1S/C15H18BrNS/c1-9-5-6-12(7-10(9)2)15(17-4)13-8-14(16)18-11(13)3/h5-8,15,17H,1-4H3. The number of halogens is 1.